The van der Waals surface area contributed by atoms with Crippen LogP contribution in [-0.4, -0.2) is 67.4 Å². The van der Waals surface area contributed by atoms with Gasteiger partial charge in [0.05, 0.1) is 35.9 Å². The van der Waals surface area contributed by atoms with Crippen molar-refractivity contribution >= 4 is 49.3 Å². The zero-order valence-electron chi connectivity index (χ0n) is 23.7. The van der Waals surface area contributed by atoms with Crippen LogP contribution >= 0.6 is 11.3 Å². The number of likely N-dealkylation sites (N-methyl/N-ethyl adjacent to an activating group) is 1. The lowest BCUT2D eigenvalue weighted by atomic mass is 9.97. The largest absolute Gasteiger partial charge is 0.393 e. The second-order valence-electron chi connectivity index (χ2n) is 10.8. The van der Waals surface area contributed by atoms with Gasteiger partial charge in [0.1, 0.15) is 22.8 Å². The fraction of sp³-hybridized carbons (Fsp3) is 0.345. The minimum atomic E-state index is -4.33. The Balaban J connectivity index is 1.25. The van der Waals surface area contributed by atoms with Crippen molar-refractivity contribution in [3.05, 3.63) is 70.6 Å². The lowest BCUT2D eigenvalue weighted by Gasteiger charge is -2.28. The van der Waals surface area contributed by atoms with E-state index in [4.69, 9.17) is 5.41 Å². The SMILES string of the molecule is CN(c1ncnc2sc(CC(F)(F)F)cc12)[C@H]1C[C@@H](NCc2ccc(-c3cc(F)cc(NS(C)(=O)=O)c3C=N)cc2)C[C@H]1O. The average molecular weight is 651 g/mol. The zero-order valence-corrected chi connectivity index (χ0v) is 25.3. The number of nitrogens with zero attached hydrogens (tertiary/aromatic N) is 3. The van der Waals surface area contributed by atoms with E-state index in [0.29, 0.717) is 46.5 Å². The van der Waals surface area contributed by atoms with Gasteiger partial charge in [0.2, 0.25) is 10.0 Å². The monoisotopic (exact) mass is 650 g/mol. The first-order valence-electron chi connectivity index (χ1n) is 13.6. The highest BCUT2D eigenvalue weighted by molar-refractivity contribution is 7.92. The number of aliphatic hydroxyl groups excluding tert-OH is 1. The summed E-state index contributed by atoms with van der Waals surface area (Å²) in [5.41, 5.74) is 2.09. The summed E-state index contributed by atoms with van der Waals surface area (Å²) in [6.07, 6.45) is -1.78. The van der Waals surface area contributed by atoms with Gasteiger partial charge in [-0.2, -0.15) is 13.2 Å². The summed E-state index contributed by atoms with van der Waals surface area (Å²) in [6, 6.07) is 10.6. The van der Waals surface area contributed by atoms with E-state index in [1.807, 2.05) is 17.0 Å². The van der Waals surface area contributed by atoms with Crippen LogP contribution in [0.1, 0.15) is 28.8 Å². The fourth-order valence-corrected chi connectivity index (χ4v) is 7.14. The number of sulfonamides is 1. The molecule has 0 aliphatic heterocycles. The van der Waals surface area contributed by atoms with Gasteiger partial charge in [-0.05, 0) is 47.7 Å². The highest BCUT2D eigenvalue weighted by atomic mass is 32.2. The van der Waals surface area contributed by atoms with E-state index in [-0.39, 0.29) is 28.2 Å². The third-order valence-corrected chi connectivity index (χ3v) is 9.14. The molecule has 1 fully saturated rings. The molecule has 5 rings (SSSR count). The first-order chi connectivity index (χ1) is 20.7. The van der Waals surface area contributed by atoms with Crippen LogP contribution < -0.4 is 14.9 Å². The summed E-state index contributed by atoms with van der Waals surface area (Å²) >= 11 is 0.981. The molecule has 2 heterocycles. The Bertz CT molecular complexity index is 1780. The van der Waals surface area contributed by atoms with E-state index in [0.717, 1.165) is 35.4 Å². The lowest BCUT2D eigenvalue weighted by molar-refractivity contribution is -0.126. The Hall–Kier alpha value is -3.66. The van der Waals surface area contributed by atoms with Gasteiger partial charge in [-0.1, -0.05) is 24.3 Å². The number of aliphatic hydroxyl groups is 1. The number of fused-ring (bicyclic) bond motifs is 1. The predicted octanol–water partition coefficient (Wildman–Crippen LogP) is 5.09. The number of nitrogens with one attached hydrogen (secondary N) is 3. The molecule has 4 N–H and O–H groups in total. The molecular weight excluding hydrogens is 620 g/mol. The summed E-state index contributed by atoms with van der Waals surface area (Å²) < 4.78 is 78.9. The van der Waals surface area contributed by atoms with E-state index in [1.54, 1.807) is 19.2 Å². The summed E-state index contributed by atoms with van der Waals surface area (Å²) in [4.78, 5) is 10.9. The third-order valence-electron chi connectivity index (χ3n) is 7.51. The van der Waals surface area contributed by atoms with Crippen LogP contribution in [0, 0.1) is 11.2 Å². The van der Waals surface area contributed by atoms with Gasteiger partial charge in [-0.25, -0.2) is 22.8 Å². The number of alkyl halides is 3. The molecule has 0 unspecified atom stereocenters. The summed E-state index contributed by atoms with van der Waals surface area (Å²) in [5, 5.41) is 22.6. The van der Waals surface area contributed by atoms with Crippen molar-refractivity contribution < 1.29 is 31.1 Å². The van der Waals surface area contributed by atoms with Crippen molar-refractivity contribution in [2.45, 2.75) is 50.2 Å². The maximum absolute atomic E-state index is 14.4. The Labute approximate surface area is 255 Å². The van der Waals surface area contributed by atoms with Crippen molar-refractivity contribution in [2.75, 3.05) is 22.9 Å². The minimum absolute atomic E-state index is 0.0222. The van der Waals surface area contributed by atoms with Crippen molar-refractivity contribution in [1.29, 1.82) is 5.41 Å². The van der Waals surface area contributed by atoms with Gasteiger partial charge in [-0.3, -0.25) is 4.72 Å². The third kappa shape index (κ3) is 7.34. The van der Waals surface area contributed by atoms with Crippen LogP contribution in [-0.2, 0) is 23.0 Å². The number of rotatable bonds is 10. The molecule has 234 valence electrons. The summed E-state index contributed by atoms with van der Waals surface area (Å²) in [6.45, 7) is 0.471. The Morgan fingerprint density at radius 3 is 2.55 bits per heavy atom. The summed E-state index contributed by atoms with van der Waals surface area (Å²) in [7, 11) is -1.92. The standard InChI is InChI=1S/C29H30F4N6O3S2/c1-39(27-22-11-20(12-29(31,32)33)43-28(22)37-15-36-27)25-9-19(10-26(25)40)35-14-16-3-5-17(6-4-16)21-7-18(30)8-24(23(21)13-34)38-44(2,41)42/h3-8,11,13,15,19,25-26,34-35,38,40H,9-10,12,14H2,1-2H3/t19-,25+,26-/m1/s1. The van der Waals surface area contributed by atoms with E-state index < -0.39 is 34.5 Å². The molecule has 1 aliphatic carbocycles. The van der Waals surface area contributed by atoms with Crippen LogP contribution in [0.3, 0.4) is 0 Å². The average Bonchev–Trinajstić information content (AvgIpc) is 3.51. The molecule has 44 heavy (non-hydrogen) atoms. The molecule has 9 nitrogen and oxygen atoms in total. The Morgan fingerprint density at radius 1 is 1.16 bits per heavy atom. The smallest absolute Gasteiger partial charge is 0.391 e. The van der Waals surface area contributed by atoms with Crippen LogP contribution in [0.4, 0.5) is 29.1 Å². The molecule has 2 aromatic heterocycles. The highest BCUT2D eigenvalue weighted by Crippen LogP contribution is 2.36. The number of halogens is 4. The quantitative estimate of drug-likeness (QED) is 0.139. The van der Waals surface area contributed by atoms with Crippen molar-refractivity contribution in [2.24, 2.45) is 0 Å². The van der Waals surface area contributed by atoms with Crippen LogP contribution in [0.15, 0.2) is 48.8 Å². The molecule has 15 heteroatoms. The van der Waals surface area contributed by atoms with Crippen molar-refractivity contribution in [3.8, 4) is 11.1 Å². The summed E-state index contributed by atoms with van der Waals surface area (Å²) in [5.74, 6) is -0.179. The van der Waals surface area contributed by atoms with Crippen LogP contribution in [0.5, 0.6) is 0 Å². The molecule has 2 aromatic carbocycles. The van der Waals surface area contributed by atoms with Gasteiger partial charge in [-0.15, -0.1) is 11.3 Å². The van der Waals surface area contributed by atoms with Gasteiger partial charge >= 0.3 is 6.18 Å². The molecule has 0 radical (unpaired) electrons. The Morgan fingerprint density at radius 2 is 1.89 bits per heavy atom. The van der Waals surface area contributed by atoms with E-state index >= 15 is 0 Å². The number of hydrogen-bond donors (Lipinski definition) is 4. The predicted molar refractivity (Wildman–Crippen MR) is 163 cm³/mol. The van der Waals surface area contributed by atoms with Crippen molar-refractivity contribution in [3.63, 3.8) is 0 Å². The molecular formula is C29H30F4N6O3S2. The first-order valence-corrected chi connectivity index (χ1v) is 16.3. The minimum Gasteiger partial charge on any atom is -0.391 e. The molecule has 0 bridgehead atoms. The number of hydrogen-bond acceptors (Lipinski definition) is 9. The molecule has 4 aromatic rings. The van der Waals surface area contributed by atoms with Crippen molar-refractivity contribution in [1.82, 2.24) is 15.3 Å². The topological polar surface area (TPSA) is 131 Å². The van der Waals surface area contributed by atoms with E-state index in [1.165, 1.54) is 18.5 Å². The van der Waals surface area contributed by atoms with Gasteiger partial charge in [0.25, 0.3) is 0 Å². The molecule has 0 amide bonds. The van der Waals surface area contributed by atoms with Gasteiger partial charge in [0, 0.05) is 36.3 Å². The maximum Gasteiger partial charge on any atom is 0.393 e. The van der Waals surface area contributed by atoms with Gasteiger partial charge < -0.3 is 20.7 Å². The number of thiophene rings is 1. The maximum atomic E-state index is 14.4. The zero-order chi connectivity index (χ0) is 31.8. The highest BCUT2D eigenvalue weighted by Gasteiger charge is 2.37. The fourth-order valence-electron chi connectivity index (χ4n) is 5.55. The molecule has 1 saturated carbocycles. The molecule has 0 saturated heterocycles. The van der Waals surface area contributed by atoms with E-state index in [2.05, 4.69) is 20.0 Å². The molecule has 1 aliphatic rings. The second-order valence-corrected chi connectivity index (χ2v) is 13.7. The van der Waals surface area contributed by atoms with Gasteiger partial charge in [0.15, 0.2) is 0 Å². The molecule has 3 atom stereocenters. The molecule has 0 spiro atoms. The normalized spacial score (nSPS) is 18.9. The lowest BCUT2D eigenvalue weighted by Crippen LogP contribution is -2.38. The van der Waals surface area contributed by atoms with Crippen LogP contribution in [0.25, 0.3) is 21.3 Å². The number of benzene rings is 2. The number of anilines is 2. The van der Waals surface area contributed by atoms with E-state index in [9.17, 15) is 31.1 Å². The first kappa shape index (κ1) is 31.8. The second kappa shape index (κ2) is 12.4. The van der Waals surface area contributed by atoms with Crippen LogP contribution in [0.2, 0.25) is 0 Å². The Kier molecular flexibility index (Phi) is 8.94. The number of aromatic nitrogens is 2.